The van der Waals surface area contributed by atoms with Gasteiger partial charge >= 0.3 is 15.8 Å². The Morgan fingerprint density at radius 1 is 1.04 bits per heavy atom. The largest absolute Gasteiger partial charge is 0.378 e. The average molecular weight is 416 g/mol. The summed E-state index contributed by atoms with van der Waals surface area (Å²) in [5.41, 5.74) is 10.5. The predicted octanol–water partition coefficient (Wildman–Crippen LogP) is 3.16. The van der Waals surface area contributed by atoms with Crippen molar-refractivity contribution < 1.29 is 22.2 Å². The first-order valence-electron chi connectivity index (χ1n) is 8.37. The van der Waals surface area contributed by atoms with Crippen molar-refractivity contribution in [2.75, 3.05) is 12.5 Å². The molecule has 1 aliphatic rings. The lowest BCUT2D eigenvalue weighted by molar-refractivity contribution is -0.00437. The number of Topliss-reactive ketones (excluding diaryl/α,β-unsaturated/α-hetero) is 1. The highest BCUT2D eigenvalue weighted by atomic mass is 32.2. The van der Waals surface area contributed by atoms with Crippen LogP contribution in [0, 0.1) is 13.8 Å². The van der Waals surface area contributed by atoms with Crippen LogP contribution in [-0.4, -0.2) is 37.2 Å². The molecule has 2 aromatic carbocycles. The van der Waals surface area contributed by atoms with E-state index in [1.165, 1.54) is 12.1 Å². The molecule has 0 radical (unpaired) electrons. The van der Waals surface area contributed by atoms with E-state index in [4.69, 9.17) is 9.71 Å². The molecule has 0 spiro atoms. The van der Waals surface area contributed by atoms with E-state index in [-0.39, 0.29) is 38.4 Å². The second-order valence-corrected chi connectivity index (χ2v) is 10.2. The van der Waals surface area contributed by atoms with Gasteiger partial charge in [0.15, 0.2) is 4.90 Å². The van der Waals surface area contributed by atoms with Crippen molar-refractivity contribution in [3.63, 3.8) is 0 Å². The first kappa shape index (κ1) is 20.1. The minimum Gasteiger partial charge on any atom is -0.378 e. The standard InChI is InChI=1S/C20H19N2O4S2/c1-12-9-14(27(3)4)10-13(2)20(12)26-28(24,25)18-11-17(22-21)19(23)16-8-6-5-7-15(16)18/h5-11H,1-4H3/q+1. The number of hydrogen-bond acceptors (Lipinski definition) is 4. The Balaban J connectivity index is 2.12. The lowest BCUT2D eigenvalue weighted by atomic mass is 9.95. The Bertz CT molecular complexity index is 1150. The van der Waals surface area contributed by atoms with Crippen molar-refractivity contribution in [2.24, 2.45) is 0 Å². The van der Waals surface area contributed by atoms with Crippen molar-refractivity contribution in [1.29, 1.82) is 0 Å². The molecule has 0 saturated carbocycles. The average Bonchev–Trinajstić information content (AvgIpc) is 2.64. The van der Waals surface area contributed by atoms with E-state index in [1.807, 2.05) is 12.1 Å². The number of aryl methyl sites for hydroxylation is 2. The van der Waals surface area contributed by atoms with Crippen LogP contribution in [0.3, 0.4) is 0 Å². The Morgan fingerprint density at radius 3 is 2.14 bits per heavy atom. The van der Waals surface area contributed by atoms with Gasteiger partial charge < -0.3 is 9.71 Å². The fourth-order valence-electron chi connectivity index (χ4n) is 3.01. The maximum absolute atomic E-state index is 13.1. The number of ketones is 1. The molecule has 0 aliphatic heterocycles. The van der Waals surface area contributed by atoms with Crippen LogP contribution in [-0.2, 0) is 21.0 Å². The summed E-state index contributed by atoms with van der Waals surface area (Å²) in [6.07, 6.45) is 5.21. The fourth-order valence-corrected chi connectivity index (χ4v) is 5.12. The zero-order valence-corrected chi connectivity index (χ0v) is 17.5. The van der Waals surface area contributed by atoms with Gasteiger partial charge in [0.2, 0.25) is 0 Å². The van der Waals surface area contributed by atoms with Crippen LogP contribution in [0.4, 0.5) is 0 Å². The molecule has 0 fully saturated rings. The third-order valence-corrected chi connectivity index (χ3v) is 6.85. The quantitative estimate of drug-likeness (QED) is 0.332. The van der Waals surface area contributed by atoms with Gasteiger partial charge in [-0.15, -0.1) is 0 Å². The SMILES string of the molecule is Cc1cc([S+](C)C)cc(C)c1OS(=O)(=O)C1=CC(=[N+]=[N-])C(=O)c2ccccc21. The van der Waals surface area contributed by atoms with Crippen molar-refractivity contribution in [3.05, 3.63) is 70.3 Å². The van der Waals surface area contributed by atoms with Gasteiger partial charge in [-0.1, -0.05) is 24.3 Å². The van der Waals surface area contributed by atoms with Gasteiger partial charge in [0.25, 0.3) is 5.78 Å². The highest BCUT2D eigenvalue weighted by Gasteiger charge is 2.36. The number of fused-ring (bicyclic) bond motifs is 1. The zero-order chi connectivity index (χ0) is 20.6. The molecule has 0 saturated heterocycles. The van der Waals surface area contributed by atoms with Crippen LogP contribution in [0.15, 0.2) is 47.4 Å². The minimum atomic E-state index is -4.28. The molecule has 8 heteroatoms. The molecule has 28 heavy (non-hydrogen) atoms. The Kier molecular flexibility index (Phi) is 5.30. The van der Waals surface area contributed by atoms with Crippen LogP contribution in [0.5, 0.6) is 5.75 Å². The number of benzene rings is 2. The molecule has 2 aromatic rings. The van der Waals surface area contributed by atoms with Crippen LogP contribution < -0.4 is 4.18 Å². The summed E-state index contributed by atoms with van der Waals surface area (Å²) in [7, 11) is -4.25. The second kappa shape index (κ2) is 7.39. The number of hydrogen-bond donors (Lipinski definition) is 0. The van der Waals surface area contributed by atoms with Gasteiger partial charge in [-0.05, 0) is 37.1 Å². The molecule has 0 heterocycles. The molecule has 0 bridgehead atoms. The number of allylic oxidation sites excluding steroid dienone is 1. The third-order valence-electron chi connectivity index (χ3n) is 4.41. The second-order valence-electron chi connectivity index (χ2n) is 6.61. The summed E-state index contributed by atoms with van der Waals surface area (Å²) >= 11 is 0. The Morgan fingerprint density at radius 2 is 1.61 bits per heavy atom. The molecule has 3 rings (SSSR count). The molecule has 1 aliphatic carbocycles. The fraction of sp³-hybridized carbons (Fsp3) is 0.200. The Labute approximate surface area is 166 Å². The maximum atomic E-state index is 13.1. The highest BCUT2D eigenvalue weighted by Crippen LogP contribution is 2.34. The number of rotatable bonds is 4. The molecule has 0 N–H and O–H groups in total. The topological polar surface area (TPSA) is 96.8 Å². The van der Waals surface area contributed by atoms with Gasteiger partial charge in [0.05, 0.1) is 6.08 Å². The summed E-state index contributed by atoms with van der Waals surface area (Å²) in [6, 6.07) is 10.1. The lowest BCUT2D eigenvalue weighted by Gasteiger charge is -2.17. The maximum Gasteiger partial charge on any atom is 0.364 e. The number of carbonyl (C=O) groups is 1. The molecular formula is C20H19N2O4S2+. The van der Waals surface area contributed by atoms with Gasteiger partial charge in [-0.25, -0.2) is 0 Å². The molecule has 144 valence electrons. The predicted molar refractivity (Wildman–Crippen MR) is 110 cm³/mol. The minimum absolute atomic E-state index is 0.0276. The molecule has 6 nitrogen and oxygen atoms in total. The first-order chi connectivity index (χ1) is 13.2. The van der Waals surface area contributed by atoms with Crippen LogP contribution in [0.1, 0.15) is 27.0 Å². The van der Waals surface area contributed by atoms with E-state index >= 15 is 0 Å². The summed E-state index contributed by atoms with van der Waals surface area (Å²) in [6.45, 7) is 3.59. The van der Waals surface area contributed by atoms with Crippen molar-refractivity contribution in [1.82, 2.24) is 0 Å². The normalized spacial score (nSPS) is 13.8. The van der Waals surface area contributed by atoms with Gasteiger partial charge in [-0.2, -0.15) is 13.2 Å². The van der Waals surface area contributed by atoms with E-state index in [2.05, 4.69) is 17.3 Å². The number of nitrogens with zero attached hydrogens (tertiary/aromatic N) is 2. The van der Waals surface area contributed by atoms with Crippen molar-refractivity contribution in [3.8, 4) is 5.75 Å². The first-order valence-corrected chi connectivity index (χ1v) is 11.8. The Hall–Kier alpha value is -2.67. The highest BCUT2D eigenvalue weighted by molar-refractivity contribution is 7.96. The number of carbonyl (C=O) groups excluding carboxylic acids is 1. The van der Waals surface area contributed by atoms with Crippen molar-refractivity contribution in [2.45, 2.75) is 18.7 Å². The smallest absolute Gasteiger partial charge is 0.364 e. The van der Waals surface area contributed by atoms with E-state index in [1.54, 1.807) is 26.0 Å². The van der Waals surface area contributed by atoms with E-state index in [0.29, 0.717) is 11.1 Å². The monoisotopic (exact) mass is 415 g/mol. The summed E-state index contributed by atoms with van der Waals surface area (Å²) in [5, 5.41) is 0. The van der Waals surface area contributed by atoms with E-state index in [9.17, 15) is 13.2 Å². The molecule has 0 amide bonds. The van der Waals surface area contributed by atoms with Crippen LogP contribution in [0.2, 0.25) is 0 Å². The third kappa shape index (κ3) is 3.54. The molecule has 0 unspecified atom stereocenters. The van der Waals surface area contributed by atoms with Crippen molar-refractivity contribution >= 4 is 37.4 Å². The molecule has 0 atom stereocenters. The van der Waals surface area contributed by atoms with Gasteiger partial charge in [0.1, 0.15) is 23.2 Å². The molecule has 0 aromatic heterocycles. The van der Waals surface area contributed by atoms with Crippen LogP contribution >= 0.6 is 0 Å². The van der Waals surface area contributed by atoms with E-state index in [0.717, 1.165) is 11.0 Å². The summed E-state index contributed by atoms with van der Waals surface area (Å²) in [5.74, 6) is -0.293. The lowest BCUT2D eigenvalue weighted by Crippen LogP contribution is -2.24. The van der Waals surface area contributed by atoms with Crippen LogP contribution in [0.25, 0.3) is 10.4 Å². The summed E-state index contributed by atoms with van der Waals surface area (Å²) < 4.78 is 31.6. The zero-order valence-electron chi connectivity index (χ0n) is 15.9. The summed E-state index contributed by atoms with van der Waals surface area (Å²) in [4.78, 5) is 16.1. The van der Waals surface area contributed by atoms with E-state index < -0.39 is 15.9 Å². The van der Waals surface area contributed by atoms with Gasteiger partial charge in [0, 0.05) is 22.0 Å². The van der Waals surface area contributed by atoms with Gasteiger partial charge in [-0.3, -0.25) is 4.79 Å². The molecular weight excluding hydrogens is 396 g/mol.